The molecule has 1 aliphatic heterocycles. The van der Waals surface area contributed by atoms with Gasteiger partial charge in [0, 0.05) is 23.3 Å². The first-order valence-electron chi connectivity index (χ1n) is 9.45. The van der Waals surface area contributed by atoms with Crippen LogP contribution in [-0.4, -0.2) is 15.2 Å². The molecule has 2 heterocycles. The van der Waals surface area contributed by atoms with Crippen LogP contribution in [0.2, 0.25) is 0 Å². The molecule has 1 fully saturated rings. The maximum atomic E-state index is 13.0. The highest BCUT2D eigenvalue weighted by Crippen LogP contribution is 2.38. The lowest BCUT2D eigenvalue weighted by atomic mass is 10.1. The first kappa shape index (κ1) is 21.0. The monoisotopic (exact) mass is 450 g/mol. The molecule has 6 nitrogen and oxygen atoms in total. The van der Waals surface area contributed by atoms with Crippen molar-refractivity contribution in [3.63, 3.8) is 0 Å². The van der Waals surface area contributed by atoms with Crippen molar-refractivity contribution in [2.45, 2.75) is 20.8 Å². The first-order valence-corrected chi connectivity index (χ1v) is 10.7. The van der Waals surface area contributed by atoms with Crippen molar-refractivity contribution in [1.82, 2.24) is 0 Å². The maximum Gasteiger partial charge on any atom is 0.273 e. The number of rotatable bonds is 4. The molecule has 156 valence electrons. The summed E-state index contributed by atoms with van der Waals surface area (Å²) in [4.78, 5) is 25.8. The quantitative estimate of drug-likeness (QED) is 0.204. The molecule has 8 heteroatoms. The van der Waals surface area contributed by atoms with Gasteiger partial charge in [-0.05, 0) is 44.5 Å². The SMILES string of the molecule is Cc1ccc(N2C(=O)/C(=C/c3ccc(-c4ccc(C)c([N+](=O)[O-])c4)o3)SC2=S)c(C)c1. The molecule has 0 unspecified atom stereocenters. The van der Waals surface area contributed by atoms with Gasteiger partial charge in [0.15, 0.2) is 4.32 Å². The molecular formula is C23H18N2O4S2. The van der Waals surface area contributed by atoms with Crippen LogP contribution in [0.5, 0.6) is 0 Å². The molecular weight excluding hydrogens is 432 g/mol. The van der Waals surface area contributed by atoms with Gasteiger partial charge in [-0.25, -0.2) is 0 Å². The number of amides is 1. The maximum absolute atomic E-state index is 13.0. The van der Waals surface area contributed by atoms with E-state index in [9.17, 15) is 14.9 Å². The predicted octanol–water partition coefficient (Wildman–Crippen LogP) is 6.19. The standard InChI is InChI=1S/C23H18N2O4S2/c1-13-4-8-18(15(3)10-13)24-22(26)21(31-23(24)30)12-17-7-9-20(29-17)16-6-5-14(2)19(11-16)25(27)28/h4-12H,1-3H3/b21-12-. The number of thioether (sulfide) groups is 1. The zero-order valence-electron chi connectivity index (χ0n) is 17.0. The highest BCUT2D eigenvalue weighted by atomic mass is 32.2. The summed E-state index contributed by atoms with van der Waals surface area (Å²) in [5.41, 5.74) is 4.06. The fraction of sp³-hybridized carbons (Fsp3) is 0.130. The number of nitro groups is 1. The minimum absolute atomic E-state index is 0.0322. The highest BCUT2D eigenvalue weighted by molar-refractivity contribution is 8.27. The van der Waals surface area contributed by atoms with Crippen LogP contribution in [0.1, 0.15) is 22.5 Å². The van der Waals surface area contributed by atoms with E-state index in [1.807, 2.05) is 32.0 Å². The average molecular weight is 451 g/mol. The normalized spacial score (nSPS) is 15.2. The Morgan fingerprint density at radius 1 is 1.06 bits per heavy atom. The Balaban J connectivity index is 1.63. The third kappa shape index (κ3) is 4.04. The smallest absolute Gasteiger partial charge is 0.273 e. The van der Waals surface area contributed by atoms with E-state index >= 15 is 0 Å². The molecule has 0 spiro atoms. The molecule has 1 saturated heterocycles. The zero-order valence-corrected chi connectivity index (χ0v) is 18.7. The van der Waals surface area contributed by atoms with E-state index < -0.39 is 4.92 Å². The largest absolute Gasteiger partial charge is 0.457 e. The minimum Gasteiger partial charge on any atom is -0.457 e. The summed E-state index contributed by atoms with van der Waals surface area (Å²) in [6.45, 7) is 5.63. The van der Waals surface area contributed by atoms with Gasteiger partial charge in [-0.1, -0.05) is 53.8 Å². The molecule has 1 aliphatic rings. The molecule has 31 heavy (non-hydrogen) atoms. The number of benzene rings is 2. The lowest BCUT2D eigenvalue weighted by molar-refractivity contribution is -0.385. The van der Waals surface area contributed by atoms with Crippen LogP contribution in [-0.2, 0) is 4.79 Å². The number of anilines is 1. The van der Waals surface area contributed by atoms with Gasteiger partial charge in [0.1, 0.15) is 11.5 Å². The third-order valence-corrected chi connectivity index (χ3v) is 6.28. The molecule has 1 aromatic heterocycles. The summed E-state index contributed by atoms with van der Waals surface area (Å²) < 4.78 is 6.31. The molecule has 3 aromatic rings. The molecule has 4 rings (SSSR count). The lowest BCUT2D eigenvalue weighted by Crippen LogP contribution is -2.28. The van der Waals surface area contributed by atoms with Crippen LogP contribution in [0.3, 0.4) is 0 Å². The van der Waals surface area contributed by atoms with Crippen molar-refractivity contribution in [1.29, 1.82) is 0 Å². The molecule has 0 atom stereocenters. The van der Waals surface area contributed by atoms with Crippen LogP contribution in [0, 0.1) is 30.9 Å². The first-order chi connectivity index (χ1) is 14.7. The van der Waals surface area contributed by atoms with Crippen molar-refractivity contribution < 1.29 is 14.1 Å². The Morgan fingerprint density at radius 2 is 1.84 bits per heavy atom. The van der Waals surface area contributed by atoms with Gasteiger partial charge in [0.05, 0.1) is 15.5 Å². The molecule has 0 bridgehead atoms. The number of aryl methyl sites for hydroxylation is 3. The zero-order chi connectivity index (χ0) is 22.3. The average Bonchev–Trinajstić information content (AvgIpc) is 3.28. The number of carbonyl (C=O) groups is 1. The Bertz CT molecular complexity index is 1280. The van der Waals surface area contributed by atoms with Crippen LogP contribution >= 0.6 is 24.0 Å². The highest BCUT2D eigenvalue weighted by Gasteiger charge is 2.34. The van der Waals surface area contributed by atoms with E-state index in [2.05, 4.69) is 0 Å². The van der Waals surface area contributed by atoms with Gasteiger partial charge in [0.25, 0.3) is 11.6 Å². The third-order valence-electron chi connectivity index (χ3n) is 4.98. The van der Waals surface area contributed by atoms with Gasteiger partial charge in [-0.15, -0.1) is 0 Å². The van der Waals surface area contributed by atoms with Crippen LogP contribution in [0.25, 0.3) is 17.4 Å². The summed E-state index contributed by atoms with van der Waals surface area (Å²) in [6.07, 6.45) is 1.65. The van der Waals surface area contributed by atoms with Gasteiger partial charge >= 0.3 is 0 Å². The van der Waals surface area contributed by atoms with Crippen molar-refractivity contribution in [2.24, 2.45) is 0 Å². The molecule has 0 radical (unpaired) electrons. The van der Waals surface area contributed by atoms with Crippen molar-refractivity contribution >= 4 is 51.7 Å². The Morgan fingerprint density at radius 3 is 2.55 bits per heavy atom. The van der Waals surface area contributed by atoms with E-state index in [4.69, 9.17) is 16.6 Å². The van der Waals surface area contributed by atoms with Crippen molar-refractivity contribution in [3.8, 4) is 11.3 Å². The molecule has 0 aliphatic carbocycles. The fourth-order valence-corrected chi connectivity index (χ4v) is 4.67. The van der Waals surface area contributed by atoms with Crippen LogP contribution < -0.4 is 4.90 Å². The number of hydrogen-bond donors (Lipinski definition) is 0. The van der Waals surface area contributed by atoms with Crippen LogP contribution in [0.15, 0.2) is 57.9 Å². The van der Waals surface area contributed by atoms with E-state index in [-0.39, 0.29) is 11.6 Å². The molecule has 1 amide bonds. The number of nitrogens with zero attached hydrogens (tertiary/aromatic N) is 2. The Kier molecular flexibility index (Phi) is 5.51. The summed E-state index contributed by atoms with van der Waals surface area (Å²) in [5, 5.41) is 11.2. The Labute approximate surface area is 188 Å². The summed E-state index contributed by atoms with van der Waals surface area (Å²) in [6, 6.07) is 14.2. The summed E-state index contributed by atoms with van der Waals surface area (Å²) >= 11 is 6.67. The molecule has 2 aromatic carbocycles. The minimum atomic E-state index is -0.416. The van der Waals surface area contributed by atoms with E-state index in [1.165, 1.54) is 22.7 Å². The fourth-order valence-electron chi connectivity index (χ4n) is 3.41. The van der Waals surface area contributed by atoms with E-state index in [0.717, 1.165) is 16.8 Å². The van der Waals surface area contributed by atoms with Crippen LogP contribution in [0.4, 0.5) is 11.4 Å². The second-order valence-corrected chi connectivity index (χ2v) is 8.94. The molecule has 0 saturated carbocycles. The lowest BCUT2D eigenvalue weighted by Gasteiger charge is -2.17. The van der Waals surface area contributed by atoms with Gasteiger partial charge in [-0.2, -0.15) is 0 Å². The second-order valence-electron chi connectivity index (χ2n) is 7.27. The topological polar surface area (TPSA) is 76.6 Å². The summed E-state index contributed by atoms with van der Waals surface area (Å²) in [5.74, 6) is 0.754. The van der Waals surface area contributed by atoms with Crippen molar-refractivity contribution in [2.75, 3.05) is 4.90 Å². The Hall–Kier alpha value is -3.23. The number of carbonyl (C=O) groups excluding carboxylic acids is 1. The van der Waals surface area contributed by atoms with E-state index in [1.54, 1.807) is 37.3 Å². The predicted molar refractivity (Wildman–Crippen MR) is 127 cm³/mol. The number of hydrogen-bond acceptors (Lipinski definition) is 6. The second kappa shape index (κ2) is 8.13. The summed E-state index contributed by atoms with van der Waals surface area (Å²) in [7, 11) is 0. The number of furan rings is 1. The van der Waals surface area contributed by atoms with Crippen molar-refractivity contribution in [3.05, 3.63) is 86.0 Å². The number of thiocarbonyl (C=S) groups is 1. The van der Waals surface area contributed by atoms with E-state index in [0.29, 0.717) is 31.9 Å². The molecule has 0 N–H and O–H groups in total. The van der Waals surface area contributed by atoms with Gasteiger partial charge < -0.3 is 4.42 Å². The van der Waals surface area contributed by atoms with Gasteiger partial charge in [-0.3, -0.25) is 19.8 Å². The van der Waals surface area contributed by atoms with Gasteiger partial charge in [0.2, 0.25) is 0 Å². The number of nitro benzene ring substituents is 1.